The fraction of sp³-hybridized carbons (Fsp3) is 0.115. The van der Waals surface area contributed by atoms with E-state index in [0.717, 1.165) is 17.5 Å². The molecule has 33 heavy (non-hydrogen) atoms. The maximum absolute atomic E-state index is 13.3. The van der Waals surface area contributed by atoms with Gasteiger partial charge in [-0.3, -0.25) is 0 Å². The molecule has 3 aromatic carbocycles. The van der Waals surface area contributed by atoms with Crippen molar-refractivity contribution in [3.05, 3.63) is 111 Å². The van der Waals surface area contributed by atoms with Crippen LogP contribution in [0.25, 0.3) is 0 Å². The molecule has 0 spiro atoms. The molecule has 0 fully saturated rings. The van der Waals surface area contributed by atoms with Crippen LogP contribution in [-0.4, -0.2) is 17.5 Å². The van der Waals surface area contributed by atoms with Crippen LogP contribution in [0.15, 0.2) is 84.2 Å². The Labute approximate surface area is 200 Å². The van der Waals surface area contributed by atoms with E-state index in [2.05, 4.69) is 16.8 Å². The van der Waals surface area contributed by atoms with Crippen molar-refractivity contribution in [2.45, 2.75) is 12.5 Å². The maximum atomic E-state index is 13.3. The fourth-order valence-electron chi connectivity index (χ4n) is 3.98. The fourth-order valence-corrected chi connectivity index (χ4v) is 5.01. The second-order valence-electron chi connectivity index (χ2n) is 7.71. The molecule has 166 valence electrons. The van der Waals surface area contributed by atoms with E-state index in [9.17, 15) is 9.18 Å². The van der Waals surface area contributed by atoms with Gasteiger partial charge in [-0.1, -0.05) is 23.7 Å². The standard InChI is InChI=1S/C26H20ClFN2O2S/c27-18-3-1-17(2-4-18)25-23-14-16-33-24(23)13-15-30(25)26(31)29-20-7-11-22(12-8-20)32-21-9-5-19(28)6-10-21/h1-12,14,16,25H,13,15H2,(H,29,31). The molecule has 0 bridgehead atoms. The lowest BCUT2D eigenvalue weighted by Gasteiger charge is -2.36. The molecule has 1 atom stereocenters. The minimum atomic E-state index is -0.315. The first-order valence-corrected chi connectivity index (χ1v) is 11.8. The SMILES string of the molecule is O=C(Nc1ccc(Oc2ccc(F)cc2)cc1)N1CCc2sccc2C1c1ccc(Cl)cc1. The Hall–Kier alpha value is -3.35. The Morgan fingerprint density at radius 3 is 2.33 bits per heavy atom. The minimum absolute atomic E-state index is 0.168. The highest BCUT2D eigenvalue weighted by Crippen LogP contribution is 2.38. The van der Waals surface area contributed by atoms with E-state index >= 15 is 0 Å². The summed E-state index contributed by atoms with van der Waals surface area (Å²) in [6, 6.07) is 22.3. The van der Waals surface area contributed by atoms with Gasteiger partial charge in [0.2, 0.25) is 0 Å². The summed E-state index contributed by atoms with van der Waals surface area (Å²) in [4.78, 5) is 16.5. The first-order valence-electron chi connectivity index (χ1n) is 10.5. The van der Waals surface area contributed by atoms with E-state index in [1.54, 1.807) is 47.7 Å². The number of benzene rings is 3. The first-order chi connectivity index (χ1) is 16.1. The zero-order valence-electron chi connectivity index (χ0n) is 17.5. The normalized spacial score (nSPS) is 15.1. The van der Waals surface area contributed by atoms with Crippen molar-refractivity contribution < 1.29 is 13.9 Å². The van der Waals surface area contributed by atoms with E-state index in [-0.39, 0.29) is 17.9 Å². The molecule has 1 unspecified atom stereocenters. The van der Waals surface area contributed by atoms with Crippen LogP contribution < -0.4 is 10.1 Å². The summed E-state index contributed by atoms with van der Waals surface area (Å²) in [6.45, 7) is 0.623. The van der Waals surface area contributed by atoms with Crippen molar-refractivity contribution >= 4 is 34.7 Å². The number of rotatable bonds is 4. The second-order valence-corrected chi connectivity index (χ2v) is 9.14. The molecule has 1 aromatic heterocycles. The number of nitrogens with one attached hydrogen (secondary N) is 1. The van der Waals surface area contributed by atoms with Crippen LogP contribution in [0.1, 0.15) is 22.0 Å². The summed E-state index contributed by atoms with van der Waals surface area (Å²) < 4.78 is 18.8. The molecular formula is C26H20ClFN2O2S. The Balaban J connectivity index is 1.33. The van der Waals surface area contributed by atoms with E-state index in [0.29, 0.717) is 28.8 Å². The molecule has 4 nitrogen and oxygen atoms in total. The molecule has 1 aliphatic rings. The number of ether oxygens (including phenoxy) is 1. The monoisotopic (exact) mass is 478 g/mol. The highest BCUT2D eigenvalue weighted by Gasteiger charge is 2.32. The predicted molar refractivity (Wildman–Crippen MR) is 130 cm³/mol. The van der Waals surface area contributed by atoms with Gasteiger partial charge in [0, 0.05) is 22.1 Å². The topological polar surface area (TPSA) is 41.6 Å². The Morgan fingerprint density at radius 2 is 1.64 bits per heavy atom. The lowest BCUT2D eigenvalue weighted by molar-refractivity contribution is 0.194. The van der Waals surface area contributed by atoms with Crippen LogP contribution in [0, 0.1) is 5.82 Å². The molecule has 0 radical (unpaired) electrons. The van der Waals surface area contributed by atoms with Crippen molar-refractivity contribution in [1.82, 2.24) is 4.90 Å². The molecule has 0 aliphatic carbocycles. The van der Waals surface area contributed by atoms with Crippen LogP contribution in [0.3, 0.4) is 0 Å². The number of anilines is 1. The summed E-state index contributed by atoms with van der Waals surface area (Å²) in [6.07, 6.45) is 0.828. The van der Waals surface area contributed by atoms with Gasteiger partial charge in [-0.05, 0) is 89.7 Å². The number of carbonyl (C=O) groups is 1. The third-order valence-corrected chi connectivity index (χ3v) is 6.82. The van der Waals surface area contributed by atoms with E-state index < -0.39 is 0 Å². The van der Waals surface area contributed by atoms with Crippen LogP contribution >= 0.6 is 22.9 Å². The number of nitrogens with zero attached hydrogens (tertiary/aromatic N) is 1. The van der Waals surface area contributed by atoms with Crippen molar-refractivity contribution in [3.63, 3.8) is 0 Å². The lowest BCUT2D eigenvalue weighted by atomic mass is 9.93. The summed E-state index contributed by atoms with van der Waals surface area (Å²) >= 11 is 7.82. The highest BCUT2D eigenvalue weighted by molar-refractivity contribution is 7.10. The summed E-state index contributed by atoms with van der Waals surface area (Å²) in [5.41, 5.74) is 2.85. The number of hydrogen-bond donors (Lipinski definition) is 1. The minimum Gasteiger partial charge on any atom is -0.457 e. The summed E-state index contributed by atoms with van der Waals surface area (Å²) in [5, 5.41) is 5.75. The average molecular weight is 479 g/mol. The van der Waals surface area contributed by atoms with Gasteiger partial charge >= 0.3 is 6.03 Å². The Morgan fingerprint density at radius 1 is 0.970 bits per heavy atom. The van der Waals surface area contributed by atoms with Gasteiger partial charge in [-0.15, -0.1) is 11.3 Å². The zero-order chi connectivity index (χ0) is 22.8. The van der Waals surface area contributed by atoms with E-state index in [4.69, 9.17) is 16.3 Å². The summed E-state index contributed by atoms with van der Waals surface area (Å²) in [7, 11) is 0. The van der Waals surface area contributed by atoms with Crippen molar-refractivity contribution in [1.29, 1.82) is 0 Å². The largest absolute Gasteiger partial charge is 0.457 e. The predicted octanol–water partition coefficient (Wildman–Crippen LogP) is 7.51. The van der Waals surface area contributed by atoms with Crippen LogP contribution in [-0.2, 0) is 6.42 Å². The zero-order valence-corrected chi connectivity index (χ0v) is 19.1. The average Bonchev–Trinajstić information content (AvgIpc) is 3.31. The third-order valence-electron chi connectivity index (χ3n) is 5.57. The molecule has 0 saturated carbocycles. The lowest BCUT2D eigenvalue weighted by Crippen LogP contribution is -2.42. The van der Waals surface area contributed by atoms with Crippen molar-refractivity contribution in [2.24, 2.45) is 0 Å². The highest BCUT2D eigenvalue weighted by atomic mass is 35.5. The first kappa shape index (κ1) is 21.5. The molecule has 1 N–H and O–H groups in total. The van der Waals surface area contributed by atoms with Crippen molar-refractivity contribution in [2.75, 3.05) is 11.9 Å². The molecule has 5 rings (SSSR count). The molecule has 0 saturated heterocycles. The van der Waals surface area contributed by atoms with Gasteiger partial charge in [0.05, 0.1) is 6.04 Å². The number of urea groups is 1. The van der Waals surface area contributed by atoms with E-state index in [1.165, 1.54) is 17.0 Å². The number of halogens is 2. The van der Waals surface area contributed by atoms with Gasteiger partial charge in [0.1, 0.15) is 17.3 Å². The molecule has 2 amide bonds. The van der Waals surface area contributed by atoms with Gasteiger partial charge in [-0.25, -0.2) is 9.18 Å². The molecule has 1 aliphatic heterocycles. The molecular weight excluding hydrogens is 459 g/mol. The molecule has 4 aromatic rings. The Bertz CT molecular complexity index is 1260. The second kappa shape index (κ2) is 9.25. The van der Waals surface area contributed by atoms with Gasteiger partial charge < -0.3 is 15.0 Å². The third kappa shape index (κ3) is 4.72. The van der Waals surface area contributed by atoms with Gasteiger partial charge in [-0.2, -0.15) is 0 Å². The van der Waals surface area contributed by atoms with Gasteiger partial charge in [0.15, 0.2) is 0 Å². The van der Waals surface area contributed by atoms with E-state index in [1.807, 2.05) is 29.2 Å². The number of hydrogen-bond acceptors (Lipinski definition) is 3. The molecule has 7 heteroatoms. The van der Waals surface area contributed by atoms with Gasteiger partial charge in [0.25, 0.3) is 0 Å². The number of fused-ring (bicyclic) bond motifs is 1. The maximum Gasteiger partial charge on any atom is 0.322 e. The summed E-state index contributed by atoms with van der Waals surface area (Å²) in [5.74, 6) is 0.822. The van der Waals surface area contributed by atoms with Crippen molar-refractivity contribution in [3.8, 4) is 11.5 Å². The number of thiophene rings is 1. The Kier molecular flexibility index (Phi) is 6.03. The quantitative estimate of drug-likeness (QED) is 0.329. The smallest absolute Gasteiger partial charge is 0.322 e. The number of carbonyl (C=O) groups excluding carboxylic acids is 1. The number of amides is 2. The van der Waals surface area contributed by atoms with Crippen LogP contribution in [0.2, 0.25) is 5.02 Å². The van der Waals surface area contributed by atoms with Crippen LogP contribution in [0.4, 0.5) is 14.9 Å². The van der Waals surface area contributed by atoms with Crippen LogP contribution in [0.5, 0.6) is 11.5 Å². The molecule has 2 heterocycles.